The number of hydrogen-bond acceptors (Lipinski definition) is 4. The maximum atomic E-state index is 12.1. The summed E-state index contributed by atoms with van der Waals surface area (Å²) in [7, 11) is 0. The third-order valence-corrected chi connectivity index (χ3v) is 2.49. The van der Waals surface area contributed by atoms with Crippen molar-refractivity contribution in [1.82, 2.24) is 0 Å². The fourth-order valence-electron chi connectivity index (χ4n) is 1.52. The van der Waals surface area contributed by atoms with Crippen molar-refractivity contribution in [3.05, 3.63) is 18.2 Å². The number of halogens is 3. The number of rotatable bonds is 3. The summed E-state index contributed by atoms with van der Waals surface area (Å²) in [5.74, 6) is 0.112. The first-order chi connectivity index (χ1) is 8.86. The topological polar surface area (TPSA) is 70.6 Å². The summed E-state index contributed by atoms with van der Waals surface area (Å²) in [6.45, 7) is -0.760. The van der Waals surface area contributed by atoms with E-state index in [1.54, 1.807) is 0 Å². The highest BCUT2D eigenvalue weighted by Gasteiger charge is 2.37. The molecule has 0 bridgehead atoms. The Bertz CT molecular complexity index is 491. The van der Waals surface area contributed by atoms with E-state index in [1.165, 1.54) is 18.2 Å². The zero-order chi connectivity index (χ0) is 14.0. The van der Waals surface area contributed by atoms with Crippen LogP contribution in [0, 0.1) is 0 Å². The molecular formula is C11H11F3N2O3. The van der Waals surface area contributed by atoms with E-state index >= 15 is 0 Å². The maximum Gasteiger partial charge on any atom is 0.416 e. The molecule has 1 heterocycles. The molecule has 0 saturated carbocycles. The van der Waals surface area contributed by atoms with Crippen molar-refractivity contribution in [1.29, 1.82) is 0 Å². The summed E-state index contributed by atoms with van der Waals surface area (Å²) >= 11 is 0. The average Bonchev–Trinajstić information content (AvgIpc) is 2.34. The standard InChI is InChI=1S/C11H11F3N2O3/c12-11(13,14)9(17)4-15-6-1-2-8-7(3-6)16-10(18)5-19-8/h1-3,9,15,17H,4-5H2,(H,16,18). The van der Waals surface area contributed by atoms with Crippen LogP contribution in [-0.2, 0) is 4.79 Å². The molecule has 2 rings (SSSR count). The van der Waals surface area contributed by atoms with Crippen LogP contribution in [0.15, 0.2) is 18.2 Å². The maximum absolute atomic E-state index is 12.1. The zero-order valence-corrected chi connectivity index (χ0v) is 9.62. The molecule has 19 heavy (non-hydrogen) atoms. The Labute approximate surface area is 106 Å². The Balaban J connectivity index is 2.02. The molecule has 0 spiro atoms. The lowest BCUT2D eigenvalue weighted by atomic mass is 10.2. The lowest BCUT2D eigenvalue weighted by molar-refractivity contribution is -0.198. The van der Waals surface area contributed by atoms with E-state index in [0.29, 0.717) is 17.1 Å². The zero-order valence-electron chi connectivity index (χ0n) is 9.62. The normalized spacial score (nSPS) is 16.1. The van der Waals surface area contributed by atoms with Gasteiger partial charge in [-0.05, 0) is 18.2 Å². The van der Waals surface area contributed by atoms with E-state index < -0.39 is 18.8 Å². The minimum atomic E-state index is -4.67. The van der Waals surface area contributed by atoms with Gasteiger partial charge in [-0.3, -0.25) is 4.79 Å². The SMILES string of the molecule is O=C1COc2ccc(NCC(O)C(F)(F)F)cc2N1. The molecular weight excluding hydrogens is 265 g/mol. The van der Waals surface area contributed by atoms with Crippen LogP contribution < -0.4 is 15.4 Å². The summed E-state index contributed by atoms with van der Waals surface area (Å²) < 4.78 is 41.4. The van der Waals surface area contributed by atoms with Crippen LogP contribution in [0.3, 0.4) is 0 Å². The van der Waals surface area contributed by atoms with Gasteiger partial charge in [0.15, 0.2) is 12.7 Å². The highest BCUT2D eigenvalue weighted by Crippen LogP contribution is 2.30. The predicted molar refractivity (Wildman–Crippen MR) is 61.1 cm³/mol. The van der Waals surface area contributed by atoms with Crippen molar-refractivity contribution in [2.45, 2.75) is 12.3 Å². The van der Waals surface area contributed by atoms with Crippen molar-refractivity contribution >= 4 is 17.3 Å². The number of benzene rings is 1. The van der Waals surface area contributed by atoms with Crippen molar-refractivity contribution in [3.8, 4) is 5.75 Å². The number of hydrogen-bond donors (Lipinski definition) is 3. The number of carbonyl (C=O) groups excluding carboxylic acids is 1. The average molecular weight is 276 g/mol. The van der Waals surface area contributed by atoms with Crippen LogP contribution in [0.25, 0.3) is 0 Å². The molecule has 1 aliphatic heterocycles. The van der Waals surface area contributed by atoms with Crippen LogP contribution in [0.1, 0.15) is 0 Å². The summed E-state index contributed by atoms with van der Waals surface area (Å²) in [6, 6.07) is 4.46. The van der Waals surface area contributed by atoms with Gasteiger partial charge in [0, 0.05) is 12.2 Å². The largest absolute Gasteiger partial charge is 0.482 e. The highest BCUT2D eigenvalue weighted by atomic mass is 19.4. The fourth-order valence-corrected chi connectivity index (χ4v) is 1.52. The number of alkyl halides is 3. The van der Waals surface area contributed by atoms with Crippen molar-refractivity contribution < 1.29 is 27.8 Å². The number of nitrogens with one attached hydrogen (secondary N) is 2. The van der Waals surface area contributed by atoms with Crippen LogP contribution >= 0.6 is 0 Å². The lowest BCUT2D eigenvalue weighted by Crippen LogP contribution is -2.35. The van der Waals surface area contributed by atoms with Crippen LogP contribution in [0.4, 0.5) is 24.5 Å². The molecule has 1 aromatic rings. The van der Waals surface area contributed by atoms with Gasteiger partial charge in [0.05, 0.1) is 5.69 Å². The molecule has 1 amide bonds. The van der Waals surface area contributed by atoms with Gasteiger partial charge in [0.1, 0.15) is 5.75 Å². The Morgan fingerprint density at radius 2 is 2.21 bits per heavy atom. The van der Waals surface area contributed by atoms with E-state index in [-0.39, 0.29) is 12.5 Å². The van der Waals surface area contributed by atoms with Gasteiger partial charge in [0.25, 0.3) is 5.91 Å². The first kappa shape index (κ1) is 13.5. The molecule has 0 aliphatic carbocycles. The van der Waals surface area contributed by atoms with E-state index in [9.17, 15) is 18.0 Å². The van der Waals surface area contributed by atoms with Gasteiger partial charge in [-0.25, -0.2) is 0 Å². The quantitative estimate of drug-likeness (QED) is 0.779. The molecule has 104 valence electrons. The molecule has 3 N–H and O–H groups in total. The first-order valence-electron chi connectivity index (χ1n) is 5.41. The summed E-state index contributed by atoms with van der Waals surface area (Å²) in [5, 5.41) is 13.8. The second-order valence-electron chi connectivity index (χ2n) is 3.99. The number of aliphatic hydroxyl groups excluding tert-OH is 1. The van der Waals surface area contributed by atoms with Crippen molar-refractivity contribution in [2.75, 3.05) is 23.8 Å². The second kappa shape index (κ2) is 4.96. The van der Waals surface area contributed by atoms with E-state index in [4.69, 9.17) is 9.84 Å². The van der Waals surface area contributed by atoms with E-state index in [2.05, 4.69) is 10.6 Å². The molecule has 5 nitrogen and oxygen atoms in total. The molecule has 8 heteroatoms. The first-order valence-corrected chi connectivity index (χ1v) is 5.41. The number of carbonyl (C=O) groups is 1. The van der Waals surface area contributed by atoms with Gasteiger partial charge in [0.2, 0.25) is 0 Å². The lowest BCUT2D eigenvalue weighted by Gasteiger charge is -2.20. The number of fused-ring (bicyclic) bond motifs is 1. The smallest absolute Gasteiger partial charge is 0.416 e. The van der Waals surface area contributed by atoms with Gasteiger partial charge in [-0.2, -0.15) is 13.2 Å². The molecule has 1 aromatic carbocycles. The monoisotopic (exact) mass is 276 g/mol. The van der Waals surface area contributed by atoms with Crippen LogP contribution in [-0.4, -0.2) is 36.4 Å². The van der Waals surface area contributed by atoms with Crippen molar-refractivity contribution in [2.24, 2.45) is 0 Å². The fraction of sp³-hybridized carbons (Fsp3) is 0.364. The van der Waals surface area contributed by atoms with E-state index in [1.807, 2.05) is 0 Å². The van der Waals surface area contributed by atoms with Crippen LogP contribution in [0.2, 0.25) is 0 Å². The Hall–Kier alpha value is -1.96. The van der Waals surface area contributed by atoms with Gasteiger partial charge < -0.3 is 20.5 Å². The number of amides is 1. The third kappa shape index (κ3) is 3.28. The van der Waals surface area contributed by atoms with Crippen molar-refractivity contribution in [3.63, 3.8) is 0 Å². The van der Waals surface area contributed by atoms with Gasteiger partial charge >= 0.3 is 6.18 Å². The number of anilines is 2. The molecule has 1 atom stereocenters. The number of aliphatic hydroxyl groups is 1. The molecule has 0 aromatic heterocycles. The minimum absolute atomic E-state index is 0.0907. The van der Waals surface area contributed by atoms with E-state index in [0.717, 1.165) is 0 Å². The Morgan fingerprint density at radius 1 is 1.47 bits per heavy atom. The second-order valence-corrected chi connectivity index (χ2v) is 3.99. The highest BCUT2D eigenvalue weighted by molar-refractivity contribution is 5.95. The van der Waals surface area contributed by atoms with Crippen LogP contribution in [0.5, 0.6) is 5.75 Å². The Kier molecular flexibility index (Phi) is 3.52. The van der Waals surface area contributed by atoms with Gasteiger partial charge in [-0.15, -0.1) is 0 Å². The molecule has 1 aliphatic rings. The van der Waals surface area contributed by atoms with Gasteiger partial charge in [-0.1, -0.05) is 0 Å². The number of ether oxygens (including phenoxy) is 1. The molecule has 0 radical (unpaired) electrons. The molecule has 0 fully saturated rings. The molecule has 0 saturated heterocycles. The minimum Gasteiger partial charge on any atom is -0.482 e. The predicted octanol–water partition coefficient (Wildman–Crippen LogP) is 1.35. The molecule has 1 unspecified atom stereocenters. The summed E-state index contributed by atoms with van der Waals surface area (Å²) in [4.78, 5) is 11.1. The third-order valence-electron chi connectivity index (χ3n) is 2.49. The Morgan fingerprint density at radius 3 is 2.89 bits per heavy atom. The summed E-state index contributed by atoms with van der Waals surface area (Å²) in [5.41, 5.74) is 0.718. The summed E-state index contributed by atoms with van der Waals surface area (Å²) in [6.07, 6.45) is -7.12.